The molecule has 0 spiro atoms. The average Bonchev–Trinajstić information content (AvgIpc) is 3.39. The van der Waals surface area contributed by atoms with Crippen molar-refractivity contribution in [3.63, 3.8) is 0 Å². The average molecular weight is 375 g/mol. The van der Waals surface area contributed by atoms with Crippen LogP contribution in [0.4, 0.5) is 0 Å². The number of hydrogen-bond donors (Lipinski definition) is 1. The van der Waals surface area contributed by atoms with Crippen LogP contribution in [0, 0.1) is 6.92 Å². The fraction of sp³-hybridized carbons (Fsp3) is 0.100. The molecule has 0 saturated heterocycles. The number of nitrogens with one attached hydrogen (secondary N) is 1. The Hall–Kier alpha value is -3.32. The van der Waals surface area contributed by atoms with Crippen LogP contribution in [0.25, 0.3) is 16.4 Å². The molecule has 1 amide bonds. The van der Waals surface area contributed by atoms with Crippen molar-refractivity contribution in [1.29, 1.82) is 0 Å². The van der Waals surface area contributed by atoms with Gasteiger partial charge in [-0.15, -0.1) is 11.3 Å². The van der Waals surface area contributed by atoms with Gasteiger partial charge in [0, 0.05) is 47.3 Å². The first-order valence-corrected chi connectivity index (χ1v) is 9.33. The molecule has 1 aromatic carbocycles. The molecule has 0 aliphatic heterocycles. The number of aromatic nitrogens is 4. The van der Waals surface area contributed by atoms with Crippen LogP contribution < -0.4 is 5.32 Å². The van der Waals surface area contributed by atoms with E-state index in [1.807, 2.05) is 61.0 Å². The third-order valence-electron chi connectivity index (χ3n) is 4.01. The SMILES string of the molecule is Cc1csc(-c2ccc(C(=O)NCc3ccc(-n4cccn4)nc3)cc2)n1. The first-order chi connectivity index (χ1) is 13.2. The first-order valence-electron chi connectivity index (χ1n) is 8.45. The quantitative estimate of drug-likeness (QED) is 0.578. The molecule has 0 radical (unpaired) electrons. The lowest BCUT2D eigenvalue weighted by Gasteiger charge is -2.07. The standard InChI is InChI=1S/C20H17N5OS/c1-14-13-27-20(24-14)17-6-4-16(5-7-17)19(26)22-12-15-3-8-18(21-11-15)25-10-2-9-23-25/h2-11,13H,12H2,1H3,(H,22,26). The molecule has 0 bridgehead atoms. The van der Waals surface area contributed by atoms with Gasteiger partial charge in [-0.2, -0.15) is 5.10 Å². The van der Waals surface area contributed by atoms with Gasteiger partial charge in [0.2, 0.25) is 0 Å². The molecule has 3 aromatic heterocycles. The van der Waals surface area contributed by atoms with Crippen molar-refractivity contribution in [2.75, 3.05) is 0 Å². The van der Waals surface area contributed by atoms with E-state index in [0.717, 1.165) is 27.6 Å². The van der Waals surface area contributed by atoms with Gasteiger partial charge in [0.25, 0.3) is 5.91 Å². The highest BCUT2D eigenvalue weighted by molar-refractivity contribution is 7.13. The molecular formula is C20H17N5OS. The predicted octanol–water partition coefficient (Wildman–Crippen LogP) is 3.63. The van der Waals surface area contributed by atoms with Crippen LogP contribution in [0.2, 0.25) is 0 Å². The Morgan fingerprint density at radius 2 is 2.04 bits per heavy atom. The van der Waals surface area contributed by atoms with Gasteiger partial charge in [-0.3, -0.25) is 4.79 Å². The summed E-state index contributed by atoms with van der Waals surface area (Å²) < 4.78 is 1.69. The van der Waals surface area contributed by atoms with Gasteiger partial charge >= 0.3 is 0 Å². The minimum Gasteiger partial charge on any atom is -0.348 e. The lowest BCUT2D eigenvalue weighted by atomic mass is 10.1. The summed E-state index contributed by atoms with van der Waals surface area (Å²) in [6.07, 6.45) is 5.28. The lowest BCUT2D eigenvalue weighted by Crippen LogP contribution is -2.22. The normalized spacial score (nSPS) is 10.7. The van der Waals surface area contributed by atoms with Gasteiger partial charge in [-0.05, 0) is 36.8 Å². The number of carbonyl (C=O) groups excluding carboxylic acids is 1. The lowest BCUT2D eigenvalue weighted by molar-refractivity contribution is 0.0951. The maximum Gasteiger partial charge on any atom is 0.251 e. The summed E-state index contributed by atoms with van der Waals surface area (Å²) >= 11 is 1.60. The van der Waals surface area contributed by atoms with E-state index in [4.69, 9.17) is 0 Å². The van der Waals surface area contributed by atoms with Crippen LogP contribution in [0.5, 0.6) is 0 Å². The smallest absolute Gasteiger partial charge is 0.251 e. The minimum absolute atomic E-state index is 0.118. The summed E-state index contributed by atoms with van der Waals surface area (Å²) in [7, 11) is 0. The summed E-state index contributed by atoms with van der Waals surface area (Å²) in [6, 6.07) is 13.1. The van der Waals surface area contributed by atoms with Crippen molar-refractivity contribution >= 4 is 17.2 Å². The van der Waals surface area contributed by atoms with E-state index >= 15 is 0 Å². The molecule has 3 heterocycles. The zero-order valence-electron chi connectivity index (χ0n) is 14.7. The Morgan fingerprint density at radius 1 is 1.19 bits per heavy atom. The molecular weight excluding hydrogens is 358 g/mol. The Kier molecular flexibility index (Phi) is 4.76. The Bertz CT molecular complexity index is 1040. The molecule has 4 aromatic rings. The molecule has 1 N–H and O–H groups in total. The molecule has 134 valence electrons. The number of thiazole rings is 1. The summed E-state index contributed by atoms with van der Waals surface area (Å²) in [5, 5.41) is 10.0. The van der Waals surface area contributed by atoms with E-state index in [-0.39, 0.29) is 5.91 Å². The van der Waals surface area contributed by atoms with Crippen molar-refractivity contribution in [2.24, 2.45) is 0 Å². The van der Waals surface area contributed by atoms with Crippen LogP contribution in [0.15, 0.2) is 66.4 Å². The number of carbonyl (C=O) groups is 1. The van der Waals surface area contributed by atoms with Gasteiger partial charge in [0.1, 0.15) is 5.01 Å². The minimum atomic E-state index is -0.118. The predicted molar refractivity (Wildman–Crippen MR) is 105 cm³/mol. The topological polar surface area (TPSA) is 72.7 Å². The zero-order valence-corrected chi connectivity index (χ0v) is 15.5. The maximum atomic E-state index is 12.4. The van der Waals surface area contributed by atoms with E-state index < -0.39 is 0 Å². The van der Waals surface area contributed by atoms with Crippen molar-refractivity contribution in [1.82, 2.24) is 25.1 Å². The fourth-order valence-corrected chi connectivity index (χ4v) is 3.40. The molecule has 4 rings (SSSR count). The highest BCUT2D eigenvalue weighted by Gasteiger charge is 2.08. The highest BCUT2D eigenvalue weighted by atomic mass is 32.1. The van der Waals surface area contributed by atoms with Crippen LogP contribution in [-0.2, 0) is 6.54 Å². The maximum absolute atomic E-state index is 12.4. The number of rotatable bonds is 5. The van der Waals surface area contributed by atoms with Gasteiger partial charge in [-0.1, -0.05) is 18.2 Å². The van der Waals surface area contributed by atoms with Crippen LogP contribution in [0.3, 0.4) is 0 Å². The highest BCUT2D eigenvalue weighted by Crippen LogP contribution is 2.23. The van der Waals surface area contributed by atoms with E-state index in [0.29, 0.717) is 12.1 Å². The second-order valence-corrected chi connectivity index (χ2v) is 6.89. The molecule has 0 unspecified atom stereocenters. The largest absolute Gasteiger partial charge is 0.348 e. The molecule has 0 saturated carbocycles. The Labute approximate surface area is 160 Å². The Morgan fingerprint density at radius 3 is 2.67 bits per heavy atom. The van der Waals surface area contributed by atoms with Gasteiger partial charge in [0.15, 0.2) is 5.82 Å². The summed E-state index contributed by atoms with van der Waals surface area (Å²) in [4.78, 5) is 21.2. The second kappa shape index (κ2) is 7.51. The molecule has 27 heavy (non-hydrogen) atoms. The van der Waals surface area contributed by atoms with Gasteiger partial charge in [0.05, 0.1) is 0 Å². The van der Waals surface area contributed by atoms with Crippen LogP contribution >= 0.6 is 11.3 Å². The number of pyridine rings is 1. The summed E-state index contributed by atoms with van der Waals surface area (Å²) in [6.45, 7) is 2.39. The second-order valence-electron chi connectivity index (χ2n) is 6.03. The molecule has 0 aliphatic rings. The van der Waals surface area contributed by atoms with Crippen LogP contribution in [0.1, 0.15) is 21.6 Å². The van der Waals surface area contributed by atoms with E-state index in [2.05, 4.69) is 20.4 Å². The van der Waals surface area contributed by atoms with Crippen molar-refractivity contribution in [3.05, 3.63) is 83.3 Å². The molecule has 0 atom stereocenters. The van der Waals surface area contributed by atoms with E-state index in [1.165, 1.54) is 0 Å². The summed E-state index contributed by atoms with van der Waals surface area (Å²) in [5.41, 5.74) is 3.56. The van der Waals surface area contributed by atoms with Crippen molar-refractivity contribution < 1.29 is 4.79 Å². The number of hydrogen-bond acceptors (Lipinski definition) is 5. The Balaban J connectivity index is 1.37. The third kappa shape index (κ3) is 3.93. The summed E-state index contributed by atoms with van der Waals surface area (Å²) in [5.74, 6) is 0.621. The first kappa shape index (κ1) is 17.1. The molecule has 7 heteroatoms. The number of aryl methyl sites for hydroxylation is 1. The number of nitrogens with zero attached hydrogens (tertiary/aromatic N) is 4. The van der Waals surface area contributed by atoms with Gasteiger partial charge < -0.3 is 5.32 Å². The van der Waals surface area contributed by atoms with Crippen LogP contribution in [-0.4, -0.2) is 25.7 Å². The molecule has 0 fully saturated rings. The van der Waals surface area contributed by atoms with Gasteiger partial charge in [-0.25, -0.2) is 14.6 Å². The molecule has 0 aliphatic carbocycles. The third-order valence-corrected chi connectivity index (χ3v) is 5.02. The van der Waals surface area contributed by atoms with Crippen molar-refractivity contribution in [2.45, 2.75) is 13.5 Å². The monoisotopic (exact) mass is 375 g/mol. The number of benzene rings is 1. The van der Waals surface area contributed by atoms with E-state index in [1.54, 1.807) is 28.4 Å². The van der Waals surface area contributed by atoms with E-state index in [9.17, 15) is 4.79 Å². The van der Waals surface area contributed by atoms with Crippen molar-refractivity contribution in [3.8, 4) is 16.4 Å². The zero-order chi connectivity index (χ0) is 18.6. The molecule has 6 nitrogen and oxygen atoms in total. The fourth-order valence-electron chi connectivity index (χ4n) is 2.60. The number of amides is 1.